The molecule has 1 aliphatic rings. The molecule has 1 N–H and O–H groups in total. The van der Waals surface area contributed by atoms with Crippen molar-refractivity contribution in [3.05, 3.63) is 23.9 Å². The van der Waals surface area contributed by atoms with Crippen LogP contribution in [0.15, 0.2) is 12.1 Å². The SMILES string of the molecule is [CH2-]CCCOCC1CCS(=O)(=O)N1c1ccc(C(O)CCCCC)s1.[Y]. The van der Waals surface area contributed by atoms with Gasteiger partial charge in [0.2, 0.25) is 10.0 Å². The van der Waals surface area contributed by atoms with Crippen molar-refractivity contribution in [2.75, 3.05) is 23.3 Å². The van der Waals surface area contributed by atoms with Gasteiger partial charge in [-0.1, -0.05) is 32.6 Å². The molecule has 0 aromatic carbocycles. The Balaban J connectivity index is 0.00000338. The molecule has 0 saturated carbocycles. The Morgan fingerprint density at radius 1 is 1.38 bits per heavy atom. The van der Waals surface area contributed by atoms with Gasteiger partial charge in [0.25, 0.3) is 0 Å². The van der Waals surface area contributed by atoms with Crippen LogP contribution >= 0.6 is 11.3 Å². The molecule has 1 aliphatic heterocycles. The third-order valence-corrected chi connectivity index (χ3v) is 7.58. The molecule has 1 fully saturated rings. The Morgan fingerprint density at radius 3 is 2.85 bits per heavy atom. The second-order valence-corrected chi connectivity index (χ2v) is 9.58. The summed E-state index contributed by atoms with van der Waals surface area (Å²) < 4.78 is 32.0. The van der Waals surface area contributed by atoms with Crippen LogP contribution < -0.4 is 4.31 Å². The molecule has 2 heterocycles. The molecule has 0 bridgehead atoms. The molecule has 5 nitrogen and oxygen atoms in total. The molecule has 0 amide bonds. The van der Waals surface area contributed by atoms with E-state index in [-0.39, 0.29) is 44.5 Å². The van der Waals surface area contributed by atoms with Crippen LogP contribution in [0.5, 0.6) is 0 Å². The molecule has 0 spiro atoms. The summed E-state index contributed by atoms with van der Waals surface area (Å²) in [7, 11) is -3.30. The Morgan fingerprint density at radius 2 is 2.15 bits per heavy atom. The second kappa shape index (κ2) is 12.1. The number of unbranched alkanes of at least 4 members (excludes halogenated alkanes) is 3. The average molecular weight is 477 g/mol. The Bertz CT molecular complexity index is 620. The van der Waals surface area contributed by atoms with E-state index in [0.717, 1.165) is 43.4 Å². The summed E-state index contributed by atoms with van der Waals surface area (Å²) >= 11 is 1.38. The van der Waals surface area contributed by atoms with Crippen molar-refractivity contribution < 1.29 is 51.0 Å². The summed E-state index contributed by atoms with van der Waals surface area (Å²) in [5.74, 6) is 0.155. The number of nitrogens with zero attached hydrogens (tertiary/aromatic N) is 1. The molecule has 1 radical (unpaired) electrons. The van der Waals surface area contributed by atoms with E-state index in [1.165, 1.54) is 15.6 Å². The van der Waals surface area contributed by atoms with Gasteiger partial charge in [-0.05, 0) is 25.0 Å². The van der Waals surface area contributed by atoms with Gasteiger partial charge in [0.1, 0.15) is 5.00 Å². The predicted molar refractivity (Wildman–Crippen MR) is 104 cm³/mol. The number of hydrogen-bond acceptors (Lipinski definition) is 5. The van der Waals surface area contributed by atoms with Crippen LogP contribution in [-0.4, -0.2) is 38.5 Å². The standard InChI is InChI=1S/C18H30NO4S2.Y/c1-3-5-7-8-16(20)17-9-10-18(24-17)19-15(11-13-25(19,21)22)14-23-12-6-4-2;/h9-10,15-16,20H,2-8,11-14H2,1H3;/q-1;. The van der Waals surface area contributed by atoms with Gasteiger partial charge in [-0.25, -0.2) is 8.42 Å². The van der Waals surface area contributed by atoms with E-state index in [0.29, 0.717) is 24.6 Å². The molecule has 1 saturated heterocycles. The van der Waals surface area contributed by atoms with Gasteiger partial charge in [-0.3, -0.25) is 4.31 Å². The fourth-order valence-corrected chi connectivity index (χ4v) is 6.17. The molecular formula is C18H30NO4S2Y-. The van der Waals surface area contributed by atoms with Crippen LogP contribution in [0.25, 0.3) is 0 Å². The van der Waals surface area contributed by atoms with Crippen molar-refractivity contribution in [3.8, 4) is 0 Å². The minimum absolute atomic E-state index is 0. The van der Waals surface area contributed by atoms with Crippen LogP contribution in [0.3, 0.4) is 0 Å². The maximum absolute atomic E-state index is 12.5. The first kappa shape index (κ1) is 24.5. The van der Waals surface area contributed by atoms with Crippen molar-refractivity contribution in [2.45, 2.75) is 64.0 Å². The van der Waals surface area contributed by atoms with E-state index in [4.69, 9.17) is 4.74 Å². The quantitative estimate of drug-likeness (QED) is 0.388. The number of aliphatic hydroxyl groups excluding tert-OH is 1. The topological polar surface area (TPSA) is 66.8 Å². The summed E-state index contributed by atoms with van der Waals surface area (Å²) in [6, 6.07) is 3.51. The van der Waals surface area contributed by atoms with Gasteiger partial charge in [-0.15, -0.1) is 11.3 Å². The van der Waals surface area contributed by atoms with Gasteiger partial charge in [-0.2, -0.15) is 6.42 Å². The smallest absolute Gasteiger partial charge is 0.236 e. The second-order valence-electron chi connectivity index (χ2n) is 6.52. The maximum atomic E-state index is 12.5. The molecular weight excluding hydrogens is 447 g/mol. The van der Waals surface area contributed by atoms with Crippen LogP contribution in [0.4, 0.5) is 5.00 Å². The first-order valence-corrected chi connectivity index (χ1v) is 11.6. The van der Waals surface area contributed by atoms with E-state index in [1.54, 1.807) is 0 Å². The molecule has 147 valence electrons. The van der Waals surface area contributed by atoms with E-state index in [1.807, 2.05) is 12.1 Å². The van der Waals surface area contributed by atoms with Crippen LogP contribution in [0.2, 0.25) is 0 Å². The minimum atomic E-state index is -3.30. The Hall–Kier alpha value is 0.474. The molecule has 26 heavy (non-hydrogen) atoms. The molecule has 2 rings (SSSR count). The van der Waals surface area contributed by atoms with Gasteiger partial charge < -0.3 is 16.8 Å². The summed E-state index contributed by atoms with van der Waals surface area (Å²) in [6.07, 6.45) is 5.69. The molecule has 2 unspecified atom stereocenters. The van der Waals surface area contributed by atoms with Crippen LogP contribution in [0, 0.1) is 6.92 Å². The zero-order valence-electron chi connectivity index (χ0n) is 15.6. The zero-order valence-corrected chi connectivity index (χ0v) is 20.1. The third-order valence-electron chi connectivity index (χ3n) is 4.43. The monoisotopic (exact) mass is 477 g/mol. The van der Waals surface area contributed by atoms with Crippen LogP contribution in [0.1, 0.15) is 62.9 Å². The number of hydrogen-bond donors (Lipinski definition) is 1. The summed E-state index contributed by atoms with van der Waals surface area (Å²) in [5, 5.41) is 11.0. The van der Waals surface area contributed by atoms with Crippen molar-refractivity contribution >= 4 is 26.4 Å². The molecule has 2 atom stereocenters. The van der Waals surface area contributed by atoms with E-state index in [2.05, 4.69) is 13.8 Å². The van der Waals surface area contributed by atoms with E-state index < -0.39 is 16.1 Å². The predicted octanol–water partition coefficient (Wildman–Crippen LogP) is 3.90. The Kier molecular flexibility index (Phi) is 11.4. The first-order valence-electron chi connectivity index (χ1n) is 9.16. The molecule has 8 heteroatoms. The number of aliphatic hydroxyl groups is 1. The van der Waals surface area contributed by atoms with Gasteiger partial charge in [0.15, 0.2) is 0 Å². The van der Waals surface area contributed by atoms with Crippen LogP contribution in [-0.2, 0) is 47.5 Å². The third kappa shape index (κ3) is 6.82. The first-order chi connectivity index (χ1) is 12.0. The average Bonchev–Trinajstić information content (AvgIpc) is 3.16. The minimum Gasteiger partial charge on any atom is -0.388 e. The summed E-state index contributed by atoms with van der Waals surface area (Å²) in [6.45, 7) is 6.93. The van der Waals surface area contributed by atoms with Crippen molar-refractivity contribution in [2.24, 2.45) is 0 Å². The number of sulfonamides is 1. The van der Waals surface area contributed by atoms with Crippen molar-refractivity contribution in [3.63, 3.8) is 0 Å². The van der Waals surface area contributed by atoms with Crippen molar-refractivity contribution in [1.29, 1.82) is 0 Å². The Labute approximate surface area is 187 Å². The fraction of sp³-hybridized carbons (Fsp3) is 0.722. The molecule has 1 aromatic heterocycles. The molecule has 0 aliphatic carbocycles. The van der Waals surface area contributed by atoms with E-state index >= 15 is 0 Å². The summed E-state index contributed by atoms with van der Waals surface area (Å²) in [5.41, 5.74) is 0. The number of rotatable bonds is 11. The maximum Gasteiger partial charge on any atom is 0.236 e. The molecule has 1 aromatic rings. The normalized spacial score (nSPS) is 20.1. The number of thiophene rings is 1. The number of anilines is 1. The van der Waals surface area contributed by atoms with Gasteiger partial charge in [0, 0.05) is 44.2 Å². The number of ether oxygens (including phenoxy) is 1. The van der Waals surface area contributed by atoms with E-state index in [9.17, 15) is 13.5 Å². The largest absolute Gasteiger partial charge is 0.388 e. The van der Waals surface area contributed by atoms with Gasteiger partial charge in [0.05, 0.1) is 24.5 Å². The summed E-state index contributed by atoms with van der Waals surface area (Å²) in [4.78, 5) is 0.838. The fourth-order valence-electron chi connectivity index (χ4n) is 2.99. The zero-order chi connectivity index (χ0) is 18.3. The van der Waals surface area contributed by atoms with Crippen molar-refractivity contribution in [1.82, 2.24) is 0 Å². The van der Waals surface area contributed by atoms with Gasteiger partial charge >= 0.3 is 0 Å².